The van der Waals surface area contributed by atoms with E-state index >= 15 is 0 Å². The van der Waals surface area contributed by atoms with E-state index in [9.17, 15) is 12.8 Å². The number of hydrogen-bond donors (Lipinski definition) is 1. The van der Waals surface area contributed by atoms with Gasteiger partial charge in [-0.05, 0) is 42.3 Å². The van der Waals surface area contributed by atoms with Gasteiger partial charge in [0.05, 0.1) is 0 Å². The molecule has 0 saturated heterocycles. The molecule has 0 aliphatic carbocycles. The molecule has 0 unspecified atom stereocenters. The van der Waals surface area contributed by atoms with Gasteiger partial charge in [0, 0.05) is 0 Å². The molecule has 4 nitrogen and oxygen atoms in total. The first-order valence-corrected chi connectivity index (χ1v) is 7.41. The van der Waals surface area contributed by atoms with E-state index in [2.05, 4.69) is 0 Å². The van der Waals surface area contributed by atoms with Crippen molar-refractivity contribution in [3.8, 4) is 5.75 Å². The van der Waals surface area contributed by atoms with E-state index < -0.39 is 10.0 Å². The van der Waals surface area contributed by atoms with Crippen molar-refractivity contribution in [3.63, 3.8) is 0 Å². The summed E-state index contributed by atoms with van der Waals surface area (Å²) in [7, 11) is -3.85. The second kappa shape index (κ2) is 5.60. The fourth-order valence-electron chi connectivity index (χ4n) is 1.70. The van der Waals surface area contributed by atoms with Crippen LogP contribution in [0.4, 0.5) is 4.39 Å². The lowest BCUT2D eigenvalue weighted by atomic mass is 10.2. The van der Waals surface area contributed by atoms with Gasteiger partial charge in [-0.25, -0.2) is 17.9 Å². The van der Waals surface area contributed by atoms with E-state index in [4.69, 9.17) is 9.88 Å². The second-order valence-electron chi connectivity index (χ2n) is 4.41. The summed E-state index contributed by atoms with van der Waals surface area (Å²) in [6.07, 6.45) is 0. The standard InChI is InChI=1S/C14H14FNO3S/c1-10-2-7-13(14(8-10)20(16,17)18)19-9-11-3-5-12(15)6-4-11/h2-8H,9H2,1H3,(H2,16,17,18). The van der Waals surface area contributed by atoms with Crippen LogP contribution in [-0.2, 0) is 16.6 Å². The van der Waals surface area contributed by atoms with Gasteiger partial charge in [-0.15, -0.1) is 0 Å². The summed E-state index contributed by atoms with van der Waals surface area (Å²) >= 11 is 0. The summed E-state index contributed by atoms with van der Waals surface area (Å²) in [5.41, 5.74) is 1.50. The summed E-state index contributed by atoms with van der Waals surface area (Å²) in [4.78, 5) is -0.0559. The molecule has 0 saturated carbocycles. The Morgan fingerprint density at radius 1 is 1.15 bits per heavy atom. The quantitative estimate of drug-likeness (QED) is 0.941. The minimum atomic E-state index is -3.85. The van der Waals surface area contributed by atoms with E-state index in [1.807, 2.05) is 0 Å². The number of sulfonamides is 1. The minimum absolute atomic E-state index is 0.0559. The number of hydrogen-bond acceptors (Lipinski definition) is 3. The second-order valence-corrected chi connectivity index (χ2v) is 5.94. The molecule has 2 N–H and O–H groups in total. The Labute approximate surface area is 117 Å². The molecular weight excluding hydrogens is 281 g/mol. The predicted molar refractivity (Wildman–Crippen MR) is 73.3 cm³/mol. The van der Waals surface area contributed by atoms with E-state index in [1.54, 1.807) is 31.2 Å². The highest BCUT2D eigenvalue weighted by Crippen LogP contribution is 2.24. The number of primary sulfonamides is 1. The van der Waals surface area contributed by atoms with Gasteiger partial charge < -0.3 is 4.74 Å². The summed E-state index contributed by atoms with van der Waals surface area (Å²) in [5, 5.41) is 5.16. The van der Waals surface area contributed by atoms with Gasteiger partial charge in [-0.2, -0.15) is 0 Å². The third kappa shape index (κ3) is 3.55. The van der Waals surface area contributed by atoms with Crippen molar-refractivity contribution in [2.75, 3.05) is 0 Å². The number of benzene rings is 2. The van der Waals surface area contributed by atoms with Gasteiger partial charge >= 0.3 is 0 Å². The summed E-state index contributed by atoms with van der Waals surface area (Å²) < 4.78 is 41.3. The van der Waals surface area contributed by atoms with E-state index in [-0.39, 0.29) is 23.1 Å². The minimum Gasteiger partial charge on any atom is -0.487 e. The fraction of sp³-hybridized carbons (Fsp3) is 0.143. The first-order chi connectivity index (χ1) is 9.36. The van der Waals surface area contributed by atoms with Crippen LogP contribution in [0.5, 0.6) is 5.75 Å². The largest absolute Gasteiger partial charge is 0.487 e. The smallest absolute Gasteiger partial charge is 0.241 e. The van der Waals surface area contributed by atoms with Crippen LogP contribution < -0.4 is 9.88 Å². The molecule has 0 radical (unpaired) electrons. The first kappa shape index (κ1) is 14.5. The molecule has 0 aromatic heterocycles. The van der Waals surface area contributed by atoms with Crippen LogP contribution in [0.3, 0.4) is 0 Å². The van der Waals surface area contributed by atoms with Crippen molar-refractivity contribution in [2.24, 2.45) is 5.14 Å². The Morgan fingerprint density at radius 2 is 1.80 bits per heavy atom. The van der Waals surface area contributed by atoms with Crippen LogP contribution in [0.25, 0.3) is 0 Å². The maximum absolute atomic E-state index is 12.8. The average molecular weight is 295 g/mol. The molecule has 6 heteroatoms. The lowest BCUT2D eigenvalue weighted by molar-refractivity contribution is 0.297. The van der Waals surface area contributed by atoms with Crippen LogP contribution in [0.2, 0.25) is 0 Å². The van der Waals surface area contributed by atoms with E-state index in [0.29, 0.717) is 0 Å². The molecule has 0 fully saturated rings. The third-order valence-electron chi connectivity index (χ3n) is 2.71. The highest BCUT2D eigenvalue weighted by molar-refractivity contribution is 7.89. The average Bonchev–Trinajstić information content (AvgIpc) is 2.38. The lowest BCUT2D eigenvalue weighted by Gasteiger charge is -2.11. The van der Waals surface area contributed by atoms with Crippen LogP contribution in [-0.4, -0.2) is 8.42 Å². The number of halogens is 1. The maximum Gasteiger partial charge on any atom is 0.241 e. The van der Waals surface area contributed by atoms with E-state index in [0.717, 1.165) is 11.1 Å². The Hall–Kier alpha value is -1.92. The predicted octanol–water partition coefficient (Wildman–Crippen LogP) is 2.36. The normalized spacial score (nSPS) is 11.3. The van der Waals surface area contributed by atoms with Crippen molar-refractivity contribution in [2.45, 2.75) is 18.4 Å². The van der Waals surface area contributed by atoms with Crippen molar-refractivity contribution < 1.29 is 17.5 Å². The topological polar surface area (TPSA) is 69.4 Å². The molecule has 0 amide bonds. The van der Waals surface area contributed by atoms with Crippen molar-refractivity contribution in [3.05, 3.63) is 59.4 Å². The molecule has 2 aromatic carbocycles. The maximum atomic E-state index is 12.8. The van der Waals surface area contributed by atoms with Gasteiger partial charge in [0.15, 0.2) is 0 Å². The third-order valence-corrected chi connectivity index (χ3v) is 3.65. The summed E-state index contributed by atoms with van der Waals surface area (Å²) in [5.74, 6) is -0.156. The fourth-order valence-corrected chi connectivity index (χ4v) is 2.46. The summed E-state index contributed by atoms with van der Waals surface area (Å²) in [6.45, 7) is 1.89. The highest BCUT2D eigenvalue weighted by Gasteiger charge is 2.15. The molecule has 0 atom stereocenters. The molecule has 0 bridgehead atoms. The van der Waals surface area contributed by atoms with Crippen molar-refractivity contribution in [1.82, 2.24) is 0 Å². The molecule has 2 aromatic rings. The molecule has 0 spiro atoms. The SMILES string of the molecule is Cc1ccc(OCc2ccc(F)cc2)c(S(N)(=O)=O)c1. The van der Waals surface area contributed by atoms with Crippen LogP contribution in [0.15, 0.2) is 47.4 Å². The Morgan fingerprint density at radius 3 is 2.40 bits per heavy atom. The van der Waals surface area contributed by atoms with Crippen LogP contribution in [0, 0.1) is 12.7 Å². The number of rotatable bonds is 4. The molecule has 0 aliphatic rings. The zero-order valence-electron chi connectivity index (χ0n) is 10.8. The zero-order chi connectivity index (χ0) is 14.8. The highest BCUT2D eigenvalue weighted by atomic mass is 32.2. The van der Waals surface area contributed by atoms with Gasteiger partial charge in [-0.3, -0.25) is 0 Å². The molecular formula is C14H14FNO3S. The molecule has 20 heavy (non-hydrogen) atoms. The summed E-state index contributed by atoms with van der Waals surface area (Å²) in [6, 6.07) is 10.5. The van der Waals surface area contributed by atoms with Crippen LogP contribution in [0.1, 0.15) is 11.1 Å². The monoisotopic (exact) mass is 295 g/mol. The lowest BCUT2D eigenvalue weighted by Crippen LogP contribution is -2.14. The van der Waals surface area contributed by atoms with Gasteiger partial charge in [0.1, 0.15) is 23.1 Å². The number of aryl methyl sites for hydroxylation is 1. The Kier molecular flexibility index (Phi) is 4.06. The zero-order valence-corrected chi connectivity index (χ0v) is 11.7. The molecule has 0 heterocycles. The van der Waals surface area contributed by atoms with Gasteiger partial charge in [-0.1, -0.05) is 18.2 Å². The van der Waals surface area contributed by atoms with Crippen LogP contribution >= 0.6 is 0 Å². The van der Waals surface area contributed by atoms with Crippen molar-refractivity contribution in [1.29, 1.82) is 0 Å². The molecule has 2 rings (SSSR count). The molecule has 0 aliphatic heterocycles. The number of ether oxygens (including phenoxy) is 1. The Balaban J connectivity index is 2.23. The first-order valence-electron chi connectivity index (χ1n) is 5.87. The van der Waals surface area contributed by atoms with Crippen molar-refractivity contribution >= 4 is 10.0 Å². The molecule has 106 valence electrons. The van der Waals surface area contributed by atoms with Gasteiger partial charge in [0.2, 0.25) is 10.0 Å². The Bertz CT molecular complexity index is 712. The number of nitrogens with two attached hydrogens (primary N) is 1. The van der Waals surface area contributed by atoms with E-state index in [1.165, 1.54) is 18.2 Å². The van der Waals surface area contributed by atoms with Gasteiger partial charge in [0.25, 0.3) is 0 Å².